The summed E-state index contributed by atoms with van der Waals surface area (Å²) in [6, 6.07) is 0. The van der Waals surface area contributed by atoms with Crippen LogP contribution >= 0.6 is 0 Å². The molecule has 1 fully saturated rings. The minimum absolute atomic E-state index is 0.0188. The van der Waals surface area contributed by atoms with Gasteiger partial charge in [-0.05, 0) is 34.2 Å². The molecule has 0 aromatic heterocycles. The van der Waals surface area contributed by atoms with Crippen molar-refractivity contribution in [2.24, 2.45) is 0 Å². The lowest BCUT2D eigenvalue weighted by atomic mass is 10.0. The van der Waals surface area contributed by atoms with Crippen molar-refractivity contribution >= 4 is 11.9 Å². The normalized spacial score (nSPS) is 24.0. The van der Waals surface area contributed by atoms with Gasteiger partial charge in [-0.3, -0.25) is 14.5 Å². The predicted molar refractivity (Wildman–Crippen MR) is 75.6 cm³/mol. The van der Waals surface area contributed by atoms with Gasteiger partial charge in [-0.1, -0.05) is 6.92 Å². The number of ether oxygens (including phenoxy) is 1. The second kappa shape index (κ2) is 6.54. The smallest absolute Gasteiger partial charge is 0.323 e. The van der Waals surface area contributed by atoms with Gasteiger partial charge in [0, 0.05) is 13.1 Å². The lowest BCUT2D eigenvalue weighted by Gasteiger charge is -2.38. The number of hydrogen-bond acceptors (Lipinski definition) is 4. The van der Waals surface area contributed by atoms with Crippen molar-refractivity contribution in [3.05, 3.63) is 0 Å². The first-order valence-corrected chi connectivity index (χ1v) is 7.10. The molecule has 1 N–H and O–H groups in total. The van der Waals surface area contributed by atoms with Crippen LogP contribution in [0.1, 0.15) is 34.6 Å². The zero-order valence-electron chi connectivity index (χ0n) is 13.0. The van der Waals surface area contributed by atoms with Crippen LogP contribution < -0.4 is 0 Å². The van der Waals surface area contributed by atoms with Crippen LogP contribution in [0.4, 0.5) is 0 Å². The first kappa shape index (κ1) is 16.9. The van der Waals surface area contributed by atoms with Crippen LogP contribution in [0.5, 0.6) is 0 Å². The number of amides is 1. The Bertz CT molecular complexity index is 360. The average Bonchev–Trinajstić information content (AvgIpc) is 2.33. The fourth-order valence-electron chi connectivity index (χ4n) is 2.48. The summed E-state index contributed by atoms with van der Waals surface area (Å²) >= 11 is 0. The van der Waals surface area contributed by atoms with E-state index in [0.29, 0.717) is 19.6 Å². The summed E-state index contributed by atoms with van der Waals surface area (Å²) in [5, 5.41) is 9.26. The quantitative estimate of drug-likeness (QED) is 0.810. The fourth-order valence-corrected chi connectivity index (χ4v) is 2.48. The van der Waals surface area contributed by atoms with Gasteiger partial charge in [-0.25, -0.2) is 0 Å². The Balaban J connectivity index is 2.70. The molecular formula is C14H26N2O4. The monoisotopic (exact) mass is 286 g/mol. The van der Waals surface area contributed by atoms with Crippen LogP contribution in [-0.4, -0.2) is 70.7 Å². The minimum Gasteiger partial charge on any atom is -0.480 e. The van der Waals surface area contributed by atoms with Gasteiger partial charge >= 0.3 is 5.97 Å². The molecule has 1 aliphatic heterocycles. The maximum absolute atomic E-state index is 12.4. The summed E-state index contributed by atoms with van der Waals surface area (Å²) in [4.78, 5) is 27.1. The molecule has 0 bridgehead atoms. The van der Waals surface area contributed by atoms with Crippen LogP contribution in [0.3, 0.4) is 0 Å². The second-order valence-electron chi connectivity index (χ2n) is 5.93. The minimum atomic E-state index is -1.05. The van der Waals surface area contributed by atoms with E-state index in [1.54, 1.807) is 23.6 Å². The standard InChI is InChI=1S/C14H26N2O4/c1-6-16(14(4,5)13(18)19)9-12(17)15-7-10(2)20-11(3)8-15/h10-11H,6-9H2,1-5H3,(H,18,19). The molecule has 0 radical (unpaired) electrons. The largest absolute Gasteiger partial charge is 0.480 e. The lowest BCUT2D eigenvalue weighted by molar-refractivity contribution is -0.153. The van der Waals surface area contributed by atoms with Crippen molar-refractivity contribution in [2.75, 3.05) is 26.2 Å². The van der Waals surface area contributed by atoms with Gasteiger partial charge in [0.25, 0.3) is 0 Å². The predicted octanol–water partition coefficient (Wildman–Crippen LogP) is 0.807. The number of aliphatic carboxylic acids is 1. The molecule has 1 saturated heterocycles. The van der Waals surface area contributed by atoms with E-state index in [0.717, 1.165) is 0 Å². The molecule has 116 valence electrons. The van der Waals surface area contributed by atoms with Gasteiger partial charge in [-0.2, -0.15) is 0 Å². The molecule has 2 atom stereocenters. The molecule has 6 heteroatoms. The molecule has 2 unspecified atom stereocenters. The molecule has 0 aromatic carbocycles. The second-order valence-corrected chi connectivity index (χ2v) is 5.93. The molecule has 1 rings (SSSR count). The van der Waals surface area contributed by atoms with E-state index in [1.165, 1.54) is 0 Å². The Morgan fingerprint density at radius 1 is 1.30 bits per heavy atom. The van der Waals surface area contributed by atoms with E-state index < -0.39 is 11.5 Å². The summed E-state index contributed by atoms with van der Waals surface area (Å²) in [5.41, 5.74) is -1.05. The number of carboxylic acid groups (broad SMARTS) is 1. The molecule has 1 heterocycles. The van der Waals surface area contributed by atoms with Crippen LogP contribution in [0.2, 0.25) is 0 Å². The van der Waals surface area contributed by atoms with Gasteiger partial charge in [-0.15, -0.1) is 0 Å². The number of carboxylic acids is 1. The Morgan fingerprint density at radius 2 is 1.80 bits per heavy atom. The summed E-state index contributed by atoms with van der Waals surface area (Å²) < 4.78 is 5.60. The van der Waals surface area contributed by atoms with Crippen LogP contribution in [0.25, 0.3) is 0 Å². The summed E-state index contributed by atoms with van der Waals surface area (Å²) in [5.74, 6) is -0.959. The summed E-state index contributed by atoms with van der Waals surface area (Å²) in [6.07, 6.45) is 0.0375. The Hall–Kier alpha value is -1.14. The van der Waals surface area contributed by atoms with E-state index in [-0.39, 0.29) is 24.7 Å². The highest BCUT2D eigenvalue weighted by Gasteiger charge is 2.36. The van der Waals surface area contributed by atoms with Crippen LogP contribution in [0.15, 0.2) is 0 Å². The van der Waals surface area contributed by atoms with Gasteiger partial charge in [0.05, 0.1) is 18.8 Å². The van der Waals surface area contributed by atoms with Crippen molar-refractivity contribution in [1.82, 2.24) is 9.80 Å². The molecular weight excluding hydrogens is 260 g/mol. The van der Waals surface area contributed by atoms with Gasteiger partial charge in [0.1, 0.15) is 5.54 Å². The van der Waals surface area contributed by atoms with Crippen molar-refractivity contribution in [3.63, 3.8) is 0 Å². The number of morpholine rings is 1. The maximum Gasteiger partial charge on any atom is 0.323 e. The zero-order valence-corrected chi connectivity index (χ0v) is 13.0. The molecule has 0 aliphatic carbocycles. The number of hydrogen-bond donors (Lipinski definition) is 1. The van der Waals surface area contributed by atoms with Gasteiger partial charge in [0.15, 0.2) is 0 Å². The lowest BCUT2D eigenvalue weighted by Crippen LogP contribution is -2.56. The highest BCUT2D eigenvalue weighted by molar-refractivity contribution is 5.81. The number of carbonyl (C=O) groups is 2. The molecule has 1 aliphatic rings. The summed E-state index contributed by atoms with van der Waals surface area (Å²) in [7, 11) is 0. The zero-order chi connectivity index (χ0) is 15.5. The van der Waals surface area contributed by atoms with E-state index in [9.17, 15) is 14.7 Å². The third kappa shape index (κ3) is 3.93. The Morgan fingerprint density at radius 3 is 2.20 bits per heavy atom. The molecule has 0 spiro atoms. The first-order valence-electron chi connectivity index (χ1n) is 7.10. The van der Waals surface area contributed by atoms with Crippen molar-refractivity contribution in [1.29, 1.82) is 0 Å². The van der Waals surface area contributed by atoms with Crippen molar-refractivity contribution in [2.45, 2.75) is 52.4 Å². The maximum atomic E-state index is 12.4. The number of likely N-dealkylation sites (N-methyl/N-ethyl adjacent to an activating group) is 1. The Kier molecular flexibility index (Phi) is 5.53. The van der Waals surface area contributed by atoms with Crippen LogP contribution in [-0.2, 0) is 14.3 Å². The third-order valence-corrected chi connectivity index (χ3v) is 3.79. The van der Waals surface area contributed by atoms with Crippen molar-refractivity contribution in [3.8, 4) is 0 Å². The van der Waals surface area contributed by atoms with E-state index in [4.69, 9.17) is 4.74 Å². The van der Waals surface area contributed by atoms with Gasteiger partial charge in [0.2, 0.25) is 5.91 Å². The molecule has 20 heavy (non-hydrogen) atoms. The molecule has 1 amide bonds. The number of nitrogens with zero attached hydrogens (tertiary/aromatic N) is 2. The first-order chi connectivity index (χ1) is 9.18. The van der Waals surface area contributed by atoms with E-state index in [1.807, 2.05) is 20.8 Å². The van der Waals surface area contributed by atoms with Gasteiger partial charge < -0.3 is 14.7 Å². The third-order valence-electron chi connectivity index (χ3n) is 3.79. The summed E-state index contributed by atoms with van der Waals surface area (Å²) in [6.45, 7) is 10.7. The van der Waals surface area contributed by atoms with Crippen molar-refractivity contribution < 1.29 is 19.4 Å². The SMILES string of the molecule is CCN(CC(=O)N1CC(C)OC(C)C1)C(C)(C)C(=O)O. The molecule has 6 nitrogen and oxygen atoms in total. The fraction of sp³-hybridized carbons (Fsp3) is 0.857. The van der Waals surface area contributed by atoms with E-state index >= 15 is 0 Å². The van der Waals surface area contributed by atoms with E-state index in [2.05, 4.69) is 0 Å². The number of rotatable bonds is 5. The molecule has 0 aromatic rings. The Labute approximate surface area is 120 Å². The number of carbonyl (C=O) groups excluding carboxylic acids is 1. The highest BCUT2D eigenvalue weighted by Crippen LogP contribution is 2.16. The molecule has 0 saturated carbocycles. The van der Waals surface area contributed by atoms with Crippen LogP contribution in [0, 0.1) is 0 Å². The highest BCUT2D eigenvalue weighted by atomic mass is 16.5. The average molecular weight is 286 g/mol. The topological polar surface area (TPSA) is 70.1 Å².